The Morgan fingerprint density at radius 3 is 0.960 bits per heavy atom. The summed E-state index contributed by atoms with van der Waals surface area (Å²) >= 11 is 26.4. The van der Waals surface area contributed by atoms with Gasteiger partial charge in [-0.05, 0) is 80.9 Å². The molecule has 0 aliphatic heterocycles. The van der Waals surface area contributed by atoms with Gasteiger partial charge in [0, 0.05) is 11.1 Å². The predicted octanol–water partition coefficient (Wildman–Crippen LogP) is 13.8. The second kappa shape index (κ2) is 15.2. The van der Waals surface area contributed by atoms with Gasteiger partial charge in [0.25, 0.3) is 0 Å². The summed E-state index contributed by atoms with van der Waals surface area (Å²) in [6, 6.07) is 52.3. The van der Waals surface area contributed by atoms with Crippen LogP contribution in [0, 0.1) is 23.7 Å². The summed E-state index contributed by atoms with van der Waals surface area (Å²) in [5, 5.41) is 1.96. The summed E-state index contributed by atoms with van der Waals surface area (Å²) in [5.74, 6) is 13.5. The minimum atomic E-state index is 0.491. The third kappa shape index (κ3) is 7.08. The van der Waals surface area contributed by atoms with Gasteiger partial charge in [-0.3, -0.25) is 0 Å². The Balaban J connectivity index is 1.56. The number of halogens is 4. The van der Waals surface area contributed by atoms with Crippen LogP contribution in [0.5, 0.6) is 0 Å². The molecule has 0 fully saturated rings. The van der Waals surface area contributed by atoms with Crippen LogP contribution < -0.4 is 0 Å². The highest BCUT2D eigenvalue weighted by molar-refractivity contribution is 6.37. The van der Waals surface area contributed by atoms with Gasteiger partial charge in [-0.1, -0.05) is 191 Å². The molecule has 0 spiro atoms. The van der Waals surface area contributed by atoms with Crippen molar-refractivity contribution in [3.8, 4) is 68.2 Å². The molecule has 7 aromatic rings. The first-order chi connectivity index (χ1) is 24.5. The fraction of sp³-hybridized carbons (Fsp3) is 0. The maximum Gasteiger partial charge on any atom is 0.0621 e. The van der Waals surface area contributed by atoms with Gasteiger partial charge in [0.15, 0.2) is 0 Å². The third-order valence-electron chi connectivity index (χ3n) is 8.33. The quantitative estimate of drug-likeness (QED) is 0.159. The smallest absolute Gasteiger partial charge is 0.0621 e. The summed E-state index contributed by atoms with van der Waals surface area (Å²) in [6.45, 7) is 0. The highest BCUT2D eigenvalue weighted by Gasteiger charge is 2.18. The predicted molar refractivity (Wildman–Crippen MR) is 213 cm³/mol. The van der Waals surface area contributed by atoms with Crippen molar-refractivity contribution in [2.24, 2.45) is 0 Å². The van der Waals surface area contributed by atoms with Crippen molar-refractivity contribution in [1.82, 2.24) is 0 Å². The van der Waals surface area contributed by atoms with E-state index in [4.69, 9.17) is 46.4 Å². The lowest BCUT2D eigenvalue weighted by molar-refractivity contribution is 1.51. The van der Waals surface area contributed by atoms with Crippen LogP contribution in [-0.4, -0.2) is 0 Å². The van der Waals surface area contributed by atoms with E-state index < -0.39 is 0 Å². The van der Waals surface area contributed by atoms with Crippen LogP contribution in [0.4, 0.5) is 0 Å². The summed E-state index contributed by atoms with van der Waals surface area (Å²) in [5.41, 5.74) is 10.9. The van der Waals surface area contributed by atoms with E-state index in [0.717, 1.165) is 55.6 Å². The molecule has 0 saturated heterocycles. The standard InChI is InChI=1S/C46H26Cl4/c47-43-21-11-22-44(48)39(43)27-25-33-30-42(38-20-10-8-18-36(38)32-15-5-2-6-16-32)34(26-28-40-45(49)23-12-24-46(40)50)29-41(33)37-19-9-7-17-35(37)31-13-3-1-4-14-31/h1-24,29-30H. The first kappa shape index (κ1) is 33.3. The maximum atomic E-state index is 6.60. The van der Waals surface area contributed by atoms with E-state index in [9.17, 15) is 0 Å². The molecule has 0 bridgehead atoms. The van der Waals surface area contributed by atoms with E-state index in [1.54, 1.807) is 24.3 Å². The molecule has 0 N–H and O–H groups in total. The minimum Gasteiger partial charge on any atom is -0.0829 e. The van der Waals surface area contributed by atoms with Crippen LogP contribution >= 0.6 is 46.4 Å². The van der Waals surface area contributed by atoms with E-state index in [2.05, 4.69) is 84.3 Å². The number of hydrogen-bond donors (Lipinski definition) is 0. The van der Waals surface area contributed by atoms with E-state index >= 15 is 0 Å². The van der Waals surface area contributed by atoms with Crippen LogP contribution in [0.1, 0.15) is 22.3 Å². The molecule has 0 saturated carbocycles. The molecule has 50 heavy (non-hydrogen) atoms. The molecule has 7 rings (SSSR count). The van der Waals surface area contributed by atoms with Gasteiger partial charge in [-0.2, -0.15) is 0 Å². The number of hydrogen-bond acceptors (Lipinski definition) is 0. The van der Waals surface area contributed by atoms with Gasteiger partial charge in [0.1, 0.15) is 0 Å². The normalized spacial score (nSPS) is 10.5. The number of rotatable bonds is 4. The van der Waals surface area contributed by atoms with E-state index in [0.29, 0.717) is 31.2 Å². The van der Waals surface area contributed by atoms with Crippen molar-refractivity contribution >= 4 is 46.4 Å². The van der Waals surface area contributed by atoms with Gasteiger partial charge in [0.05, 0.1) is 31.2 Å². The van der Waals surface area contributed by atoms with Crippen LogP contribution in [0.2, 0.25) is 20.1 Å². The lowest BCUT2D eigenvalue weighted by atomic mass is 9.85. The zero-order valence-corrected chi connectivity index (χ0v) is 29.5. The summed E-state index contributed by atoms with van der Waals surface area (Å²) in [6.07, 6.45) is 0. The molecule has 0 aromatic heterocycles. The van der Waals surface area contributed by atoms with Crippen molar-refractivity contribution in [2.45, 2.75) is 0 Å². The summed E-state index contributed by atoms with van der Waals surface area (Å²) in [7, 11) is 0. The molecular formula is C46H26Cl4. The monoisotopic (exact) mass is 718 g/mol. The molecule has 4 heteroatoms. The zero-order chi connectivity index (χ0) is 34.5. The van der Waals surface area contributed by atoms with Gasteiger partial charge >= 0.3 is 0 Å². The second-order valence-electron chi connectivity index (χ2n) is 11.5. The Bertz CT molecular complexity index is 2260. The Morgan fingerprint density at radius 1 is 0.280 bits per heavy atom. The Morgan fingerprint density at radius 2 is 0.600 bits per heavy atom. The minimum absolute atomic E-state index is 0.491. The van der Waals surface area contributed by atoms with Gasteiger partial charge in [0.2, 0.25) is 0 Å². The molecule has 0 atom stereocenters. The molecule has 0 radical (unpaired) electrons. The number of benzene rings is 7. The zero-order valence-electron chi connectivity index (χ0n) is 26.5. The first-order valence-corrected chi connectivity index (χ1v) is 17.4. The SMILES string of the molecule is Clc1cccc(Cl)c1C#Cc1cc(-c2ccccc2-c2ccccc2)c(C#Cc2c(Cl)cccc2Cl)cc1-c1ccccc1-c1ccccc1. The Hall–Kier alpha value is -5.18. The molecule has 238 valence electrons. The lowest BCUT2D eigenvalue weighted by Gasteiger charge is -2.17. The average molecular weight is 721 g/mol. The van der Waals surface area contributed by atoms with E-state index in [1.165, 1.54) is 0 Å². The molecule has 0 unspecified atom stereocenters. The molecular weight excluding hydrogens is 694 g/mol. The highest BCUT2D eigenvalue weighted by Crippen LogP contribution is 2.40. The summed E-state index contributed by atoms with van der Waals surface area (Å²) in [4.78, 5) is 0. The third-order valence-corrected chi connectivity index (χ3v) is 9.59. The fourth-order valence-electron chi connectivity index (χ4n) is 5.92. The largest absolute Gasteiger partial charge is 0.0829 e. The van der Waals surface area contributed by atoms with Crippen molar-refractivity contribution in [3.05, 3.63) is 200 Å². The molecule has 0 heterocycles. The topological polar surface area (TPSA) is 0 Å². The van der Waals surface area contributed by atoms with Crippen molar-refractivity contribution in [1.29, 1.82) is 0 Å². The van der Waals surface area contributed by atoms with Gasteiger partial charge < -0.3 is 0 Å². The van der Waals surface area contributed by atoms with E-state index in [-0.39, 0.29) is 0 Å². The van der Waals surface area contributed by atoms with E-state index in [1.807, 2.05) is 72.8 Å². The molecule has 0 aliphatic rings. The molecule has 0 nitrogen and oxygen atoms in total. The lowest BCUT2D eigenvalue weighted by Crippen LogP contribution is -1.96. The first-order valence-electron chi connectivity index (χ1n) is 15.9. The van der Waals surface area contributed by atoms with Crippen molar-refractivity contribution in [2.75, 3.05) is 0 Å². The fourth-order valence-corrected chi connectivity index (χ4v) is 6.91. The van der Waals surface area contributed by atoms with Crippen LogP contribution in [0.25, 0.3) is 44.5 Å². The van der Waals surface area contributed by atoms with Crippen LogP contribution in [-0.2, 0) is 0 Å². The summed E-state index contributed by atoms with van der Waals surface area (Å²) < 4.78 is 0. The molecule has 7 aromatic carbocycles. The van der Waals surface area contributed by atoms with Crippen molar-refractivity contribution in [3.63, 3.8) is 0 Å². The molecule has 0 aliphatic carbocycles. The van der Waals surface area contributed by atoms with Gasteiger partial charge in [-0.25, -0.2) is 0 Å². The average Bonchev–Trinajstić information content (AvgIpc) is 3.15. The van der Waals surface area contributed by atoms with Crippen LogP contribution in [0.15, 0.2) is 158 Å². The Labute approximate surface area is 312 Å². The highest BCUT2D eigenvalue weighted by atomic mass is 35.5. The van der Waals surface area contributed by atoms with Crippen LogP contribution in [0.3, 0.4) is 0 Å². The molecule has 0 amide bonds. The maximum absolute atomic E-state index is 6.60. The van der Waals surface area contributed by atoms with Crippen molar-refractivity contribution < 1.29 is 0 Å². The second-order valence-corrected chi connectivity index (χ2v) is 13.1. The Kier molecular flexibility index (Phi) is 10.1. The van der Waals surface area contributed by atoms with Gasteiger partial charge in [-0.15, -0.1) is 0 Å².